The van der Waals surface area contributed by atoms with E-state index in [-0.39, 0.29) is 6.42 Å². The van der Waals surface area contributed by atoms with Crippen molar-refractivity contribution in [3.8, 4) is 28.4 Å². The first kappa shape index (κ1) is 21.4. The van der Waals surface area contributed by atoms with Crippen LogP contribution in [0, 0.1) is 0 Å². The number of carboxylic acids is 1. The van der Waals surface area contributed by atoms with Crippen LogP contribution in [0.5, 0.6) is 17.2 Å². The molecule has 5 heteroatoms. The van der Waals surface area contributed by atoms with Gasteiger partial charge in [0.05, 0.1) is 13.0 Å². The molecule has 0 spiro atoms. The van der Waals surface area contributed by atoms with Gasteiger partial charge in [0.2, 0.25) is 0 Å². The molecule has 156 valence electrons. The van der Waals surface area contributed by atoms with Gasteiger partial charge in [-0.25, -0.2) is 0 Å². The van der Waals surface area contributed by atoms with Crippen LogP contribution in [0.1, 0.15) is 12.8 Å². The Bertz CT molecular complexity index is 925. The van der Waals surface area contributed by atoms with Gasteiger partial charge in [-0.2, -0.15) is 0 Å². The molecule has 0 fully saturated rings. The first-order chi connectivity index (χ1) is 14.6. The highest BCUT2D eigenvalue weighted by Crippen LogP contribution is 2.33. The van der Waals surface area contributed by atoms with Crippen LogP contribution in [-0.2, 0) is 4.79 Å². The van der Waals surface area contributed by atoms with Crippen molar-refractivity contribution in [1.82, 2.24) is 4.90 Å². The van der Waals surface area contributed by atoms with Crippen molar-refractivity contribution < 1.29 is 19.4 Å². The number of ether oxygens (including phenoxy) is 2. The average molecular weight is 405 g/mol. The third-order valence-electron chi connectivity index (χ3n) is 4.68. The Labute approximate surface area is 177 Å². The molecule has 0 heterocycles. The van der Waals surface area contributed by atoms with E-state index in [9.17, 15) is 4.79 Å². The molecule has 30 heavy (non-hydrogen) atoms. The van der Waals surface area contributed by atoms with Crippen LogP contribution in [0.25, 0.3) is 11.1 Å². The molecule has 3 aromatic rings. The van der Waals surface area contributed by atoms with E-state index in [1.54, 1.807) is 0 Å². The van der Waals surface area contributed by atoms with Crippen LogP contribution in [-0.4, -0.2) is 42.7 Å². The molecule has 0 aliphatic heterocycles. The van der Waals surface area contributed by atoms with E-state index in [4.69, 9.17) is 14.6 Å². The SMILES string of the molecule is CN(CCCOc1ccc(Oc2ccccc2-c2ccccc2)cc1)CCC(=O)O. The van der Waals surface area contributed by atoms with E-state index in [2.05, 4.69) is 18.2 Å². The normalized spacial score (nSPS) is 10.7. The molecule has 0 atom stereocenters. The number of carbonyl (C=O) groups is 1. The minimum Gasteiger partial charge on any atom is -0.494 e. The highest BCUT2D eigenvalue weighted by atomic mass is 16.5. The Balaban J connectivity index is 1.51. The van der Waals surface area contributed by atoms with Gasteiger partial charge in [0, 0.05) is 18.7 Å². The van der Waals surface area contributed by atoms with E-state index < -0.39 is 5.97 Å². The molecule has 5 nitrogen and oxygen atoms in total. The summed E-state index contributed by atoms with van der Waals surface area (Å²) in [6, 6.07) is 25.7. The molecule has 0 aromatic heterocycles. The Morgan fingerprint density at radius 2 is 1.53 bits per heavy atom. The summed E-state index contributed by atoms with van der Waals surface area (Å²) in [5.74, 6) is 1.57. The Kier molecular flexibility index (Phi) is 7.86. The maximum absolute atomic E-state index is 10.6. The molecular formula is C25H27NO4. The molecule has 0 saturated heterocycles. The predicted octanol–water partition coefficient (Wildman–Crippen LogP) is 5.32. The van der Waals surface area contributed by atoms with Crippen LogP contribution in [0.3, 0.4) is 0 Å². The minimum atomic E-state index is -0.771. The maximum Gasteiger partial charge on any atom is 0.304 e. The van der Waals surface area contributed by atoms with Gasteiger partial charge in [-0.05, 0) is 49.4 Å². The van der Waals surface area contributed by atoms with Crippen LogP contribution in [0.4, 0.5) is 0 Å². The maximum atomic E-state index is 10.6. The van der Waals surface area contributed by atoms with Gasteiger partial charge in [-0.3, -0.25) is 4.79 Å². The van der Waals surface area contributed by atoms with Gasteiger partial charge in [0.1, 0.15) is 17.2 Å². The van der Waals surface area contributed by atoms with Crippen molar-refractivity contribution in [3.05, 3.63) is 78.9 Å². The molecule has 0 unspecified atom stereocenters. The van der Waals surface area contributed by atoms with E-state index >= 15 is 0 Å². The molecule has 0 saturated carbocycles. The Hall–Kier alpha value is -3.31. The quantitative estimate of drug-likeness (QED) is 0.438. The summed E-state index contributed by atoms with van der Waals surface area (Å²) >= 11 is 0. The van der Waals surface area contributed by atoms with Crippen molar-refractivity contribution in [2.24, 2.45) is 0 Å². The molecule has 0 aliphatic carbocycles. The summed E-state index contributed by atoms with van der Waals surface area (Å²) in [7, 11) is 1.92. The fourth-order valence-electron chi connectivity index (χ4n) is 3.07. The molecule has 3 aromatic carbocycles. The molecule has 0 bridgehead atoms. The average Bonchev–Trinajstić information content (AvgIpc) is 2.77. The molecule has 0 amide bonds. The zero-order chi connectivity index (χ0) is 21.2. The van der Waals surface area contributed by atoms with E-state index in [0.717, 1.165) is 41.3 Å². The lowest BCUT2D eigenvalue weighted by Gasteiger charge is -2.15. The fourth-order valence-corrected chi connectivity index (χ4v) is 3.07. The first-order valence-corrected chi connectivity index (χ1v) is 10.1. The van der Waals surface area contributed by atoms with Gasteiger partial charge < -0.3 is 19.5 Å². The lowest BCUT2D eigenvalue weighted by molar-refractivity contribution is -0.137. The van der Waals surface area contributed by atoms with Crippen molar-refractivity contribution in [2.75, 3.05) is 26.7 Å². The second-order valence-corrected chi connectivity index (χ2v) is 7.08. The van der Waals surface area contributed by atoms with Crippen molar-refractivity contribution in [3.63, 3.8) is 0 Å². The van der Waals surface area contributed by atoms with Gasteiger partial charge in [-0.15, -0.1) is 0 Å². The number of carboxylic acid groups (broad SMARTS) is 1. The minimum absolute atomic E-state index is 0.159. The van der Waals surface area contributed by atoms with E-state index in [1.807, 2.05) is 72.6 Å². The predicted molar refractivity (Wildman–Crippen MR) is 118 cm³/mol. The van der Waals surface area contributed by atoms with E-state index in [1.165, 1.54) is 0 Å². The summed E-state index contributed by atoms with van der Waals surface area (Å²) in [6.45, 7) is 1.92. The van der Waals surface area contributed by atoms with Crippen LogP contribution in [0.2, 0.25) is 0 Å². The fraction of sp³-hybridized carbons (Fsp3) is 0.240. The standard InChI is InChI=1S/C25H27NO4/c1-26(18-16-25(27)28)17-7-19-29-21-12-14-22(15-13-21)30-24-11-6-5-10-23(24)20-8-3-2-4-9-20/h2-6,8-15H,7,16-19H2,1H3,(H,27,28). The van der Waals surface area contributed by atoms with Crippen LogP contribution >= 0.6 is 0 Å². The summed E-state index contributed by atoms with van der Waals surface area (Å²) in [5, 5.41) is 8.71. The molecule has 3 rings (SSSR count). The lowest BCUT2D eigenvalue weighted by Crippen LogP contribution is -2.24. The highest BCUT2D eigenvalue weighted by Gasteiger charge is 2.07. The number of rotatable bonds is 11. The second-order valence-electron chi connectivity index (χ2n) is 7.08. The number of aliphatic carboxylic acids is 1. The Morgan fingerprint density at radius 1 is 0.867 bits per heavy atom. The second kappa shape index (κ2) is 11.0. The summed E-state index contributed by atoms with van der Waals surface area (Å²) in [5.41, 5.74) is 2.16. The van der Waals surface area contributed by atoms with Crippen molar-refractivity contribution in [1.29, 1.82) is 0 Å². The van der Waals surface area contributed by atoms with E-state index in [0.29, 0.717) is 13.2 Å². The lowest BCUT2D eigenvalue weighted by atomic mass is 10.1. The zero-order valence-electron chi connectivity index (χ0n) is 17.2. The van der Waals surface area contributed by atoms with Crippen molar-refractivity contribution in [2.45, 2.75) is 12.8 Å². The monoisotopic (exact) mass is 405 g/mol. The summed E-state index contributed by atoms with van der Waals surface area (Å²) < 4.78 is 11.9. The first-order valence-electron chi connectivity index (χ1n) is 10.1. The molecular weight excluding hydrogens is 378 g/mol. The Morgan fingerprint density at radius 3 is 2.27 bits per heavy atom. The van der Waals surface area contributed by atoms with Gasteiger partial charge >= 0.3 is 5.97 Å². The van der Waals surface area contributed by atoms with Crippen LogP contribution < -0.4 is 9.47 Å². The third kappa shape index (κ3) is 6.64. The third-order valence-corrected chi connectivity index (χ3v) is 4.68. The summed E-state index contributed by atoms with van der Waals surface area (Å²) in [4.78, 5) is 12.6. The highest BCUT2D eigenvalue weighted by molar-refractivity contribution is 5.70. The number of hydrogen-bond acceptors (Lipinski definition) is 4. The summed E-state index contributed by atoms with van der Waals surface area (Å²) in [6.07, 6.45) is 0.991. The van der Waals surface area contributed by atoms with Crippen molar-refractivity contribution >= 4 is 5.97 Å². The smallest absolute Gasteiger partial charge is 0.304 e. The number of nitrogens with zero attached hydrogens (tertiary/aromatic N) is 1. The van der Waals surface area contributed by atoms with Gasteiger partial charge in [0.25, 0.3) is 0 Å². The zero-order valence-corrected chi connectivity index (χ0v) is 17.2. The molecule has 0 aliphatic rings. The van der Waals surface area contributed by atoms with Crippen LogP contribution in [0.15, 0.2) is 78.9 Å². The largest absolute Gasteiger partial charge is 0.494 e. The number of para-hydroxylation sites is 1. The number of benzene rings is 3. The molecule has 0 radical (unpaired) electrons. The topological polar surface area (TPSA) is 59.0 Å². The van der Waals surface area contributed by atoms with Gasteiger partial charge in [-0.1, -0.05) is 48.5 Å². The van der Waals surface area contributed by atoms with Gasteiger partial charge in [0.15, 0.2) is 0 Å². The molecule has 1 N–H and O–H groups in total. The number of hydrogen-bond donors (Lipinski definition) is 1.